The Kier molecular flexibility index (Phi) is 8.87. The molecule has 8 nitrogen and oxygen atoms in total. The van der Waals surface area contributed by atoms with Crippen LogP contribution in [0.2, 0.25) is 0 Å². The number of likely N-dealkylation sites (tertiary alicyclic amines) is 1. The highest BCUT2D eigenvalue weighted by molar-refractivity contribution is 6.07. The van der Waals surface area contributed by atoms with Crippen LogP contribution < -0.4 is 9.80 Å². The standard InChI is InChI=1S/C36H45N3O5/c1-7-19-37(27-17-10-9-11-18-27)32(41)28-29-33(42)39(21-12-13-22-40)31(36(29)23-26(5)35(28,6)44-36)34(43)38(20-8-2)30-24(3)15-14-16-25(30)4/h7-11,14-18,26,28-29,31,40H,1-2,12-13,19-23H2,3-6H3/t26?,28-,29+,31?,35+,36?/m1/s1. The third-order valence-electron chi connectivity index (χ3n) is 10.1. The second kappa shape index (κ2) is 12.3. The summed E-state index contributed by atoms with van der Waals surface area (Å²) in [5, 5.41) is 9.54. The van der Waals surface area contributed by atoms with E-state index < -0.39 is 29.1 Å². The zero-order valence-corrected chi connectivity index (χ0v) is 26.4. The lowest BCUT2D eigenvalue weighted by Crippen LogP contribution is -2.57. The van der Waals surface area contributed by atoms with E-state index in [2.05, 4.69) is 20.1 Å². The van der Waals surface area contributed by atoms with Crippen LogP contribution in [0, 0.1) is 31.6 Å². The smallest absolute Gasteiger partial charge is 0.253 e. The average molecular weight is 600 g/mol. The highest BCUT2D eigenvalue weighted by Gasteiger charge is 2.80. The molecule has 0 radical (unpaired) electrons. The Morgan fingerprint density at radius 1 is 1.00 bits per heavy atom. The van der Waals surface area contributed by atoms with Crippen LogP contribution in [0.4, 0.5) is 11.4 Å². The molecule has 3 aliphatic rings. The molecule has 5 rings (SSSR count). The van der Waals surface area contributed by atoms with E-state index in [9.17, 15) is 19.5 Å². The number of unbranched alkanes of at least 4 members (excludes halogenated alkanes) is 1. The molecule has 0 saturated carbocycles. The van der Waals surface area contributed by atoms with E-state index in [1.807, 2.05) is 69.3 Å². The maximum Gasteiger partial charge on any atom is 0.253 e. The van der Waals surface area contributed by atoms with Crippen LogP contribution in [-0.2, 0) is 19.1 Å². The molecule has 3 aliphatic heterocycles. The Morgan fingerprint density at radius 3 is 2.25 bits per heavy atom. The second-order valence-electron chi connectivity index (χ2n) is 12.7. The molecule has 2 aromatic rings. The molecule has 3 heterocycles. The Morgan fingerprint density at radius 2 is 1.64 bits per heavy atom. The van der Waals surface area contributed by atoms with Crippen molar-refractivity contribution < 1.29 is 24.2 Å². The molecular weight excluding hydrogens is 554 g/mol. The molecule has 3 unspecified atom stereocenters. The van der Waals surface area contributed by atoms with Gasteiger partial charge in [0.05, 0.1) is 17.4 Å². The number of amides is 3. The number of benzene rings is 2. The fourth-order valence-corrected chi connectivity index (χ4v) is 8.06. The summed E-state index contributed by atoms with van der Waals surface area (Å²) >= 11 is 0. The van der Waals surface area contributed by atoms with Crippen LogP contribution in [0.5, 0.6) is 0 Å². The van der Waals surface area contributed by atoms with Crippen LogP contribution in [0.25, 0.3) is 0 Å². The van der Waals surface area contributed by atoms with Crippen LogP contribution in [0.1, 0.15) is 44.2 Å². The Bertz CT molecular complexity index is 1420. The number of carbonyl (C=O) groups excluding carboxylic acids is 3. The van der Waals surface area contributed by atoms with E-state index in [1.165, 1.54) is 0 Å². The van der Waals surface area contributed by atoms with Gasteiger partial charge in [0.15, 0.2) is 0 Å². The molecule has 2 aromatic carbocycles. The lowest BCUT2D eigenvalue weighted by atomic mass is 9.62. The first-order chi connectivity index (χ1) is 21.1. The Labute approximate surface area is 261 Å². The van der Waals surface area contributed by atoms with Crippen molar-refractivity contribution in [1.29, 1.82) is 0 Å². The zero-order chi connectivity index (χ0) is 31.8. The van der Waals surface area contributed by atoms with Gasteiger partial charge in [-0.1, -0.05) is 55.5 Å². The third kappa shape index (κ3) is 4.88. The summed E-state index contributed by atoms with van der Waals surface area (Å²) in [6.45, 7) is 16.6. The maximum absolute atomic E-state index is 14.9. The van der Waals surface area contributed by atoms with Gasteiger partial charge in [0.2, 0.25) is 11.8 Å². The van der Waals surface area contributed by atoms with Crippen LogP contribution in [-0.4, -0.2) is 71.2 Å². The van der Waals surface area contributed by atoms with Crippen molar-refractivity contribution in [2.75, 3.05) is 36.0 Å². The SMILES string of the molecule is C=CCN(C(=O)[C@H]1[C@H]2C(=O)N(CCCCO)C(C(=O)N(CC=C)c3c(C)cccc3C)C23CC(C)[C@]1(C)O3)c1ccccc1. The van der Waals surface area contributed by atoms with E-state index in [0.717, 1.165) is 22.5 Å². The molecule has 234 valence electrons. The molecule has 2 bridgehead atoms. The van der Waals surface area contributed by atoms with Gasteiger partial charge in [-0.2, -0.15) is 0 Å². The number of nitrogens with zero attached hydrogens (tertiary/aromatic N) is 3. The van der Waals surface area contributed by atoms with Crippen LogP contribution in [0.15, 0.2) is 73.8 Å². The number of fused-ring (bicyclic) bond motifs is 1. The predicted octanol–water partition coefficient (Wildman–Crippen LogP) is 4.82. The molecule has 1 N–H and O–H groups in total. The van der Waals surface area contributed by atoms with Gasteiger partial charge >= 0.3 is 0 Å². The fraction of sp³-hybridized carbons (Fsp3) is 0.472. The van der Waals surface area contributed by atoms with Crippen molar-refractivity contribution in [3.63, 3.8) is 0 Å². The summed E-state index contributed by atoms with van der Waals surface area (Å²) in [6, 6.07) is 14.4. The highest BCUT2D eigenvalue weighted by atomic mass is 16.5. The Hall–Kier alpha value is -3.75. The minimum absolute atomic E-state index is 0.0134. The Balaban J connectivity index is 1.63. The van der Waals surface area contributed by atoms with Crippen LogP contribution >= 0.6 is 0 Å². The summed E-state index contributed by atoms with van der Waals surface area (Å²) in [6.07, 6.45) is 4.88. The van der Waals surface area contributed by atoms with Gasteiger partial charge in [-0.15, -0.1) is 13.2 Å². The molecule has 3 fully saturated rings. The summed E-state index contributed by atoms with van der Waals surface area (Å²) in [5.41, 5.74) is 1.28. The van der Waals surface area contributed by atoms with Gasteiger partial charge in [-0.05, 0) is 69.2 Å². The number of aryl methyl sites for hydroxylation is 2. The minimum atomic E-state index is -1.17. The van der Waals surface area contributed by atoms with Crippen molar-refractivity contribution in [2.45, 2.75) is 64.2 Å². The highest BCUT2D eigenvalue weighted by Crippen LogP contribution is 2.65. The van der Waals surface area contributed by atoms with Crippen molar-refractivity contribution in [1.82, 2.24) is 4.90 Å². The number of hydrogen-bond donors (Lipinski definition) is 1. The molecule has 3 saturated heterocycles. The first kappa shape index (κ1) is 31.7. The largest absolute Gasteiger partial charge is 0.396 e. The third-order valence-corrected chi connectivity index (χ3v) is 10.1. The van der Waals surface area contributed by atoms with E-state index in [1.54, 1.807) is 26.9 Å². The molecule has 0 aromatic heterocycles. The van der Waals surface area contributed by atoms with Gasteiger partial charge in [-0.3, -0.25) is 14.4 Å². The molecular formula is C36H45N3O5. The molecule has 8 heteroatoms. The number of para-hydroxylation sites is 2. The number of hydrogen-bond acceptors (Lipinski definition) is 5. The minimum Gasteiger partial charge on any atom is -0.396 e. The van der Waals surface area contributed by atoms with Crippen molar-refractivity contribution in [3.8, 4) is 0 Å². The zero-order valence-electron chi connectivity index (χ0n) is 26.4. The van der Waals surface area contributed by atoms with Gasteiger partial charge < -0.3 is 24.5 Å². The van der Waals surface area contributed by atoms with E-state index in [-0.39, 0.29) is 49.9 Å². The van der Waals surface area contributed by atoms with Gasteiger partial charge in [0, 0.05) is 37.6 Å². The molecule has 44 heavy (non-hydrogen) atoms. The first-order valence-electron chi connectivity index (χ1n) is 15.6. The summed E-state index contributed by atoms with van der Waals surface area (Å²) in [7, 11) is 0. The normalized spacial score (nSPS) is 28.6. The van der Waals surface area contributed by atoms with Crippen LogP contribution in [0.3, 0.4) is 0 Å². The van der Waals surface area contributed by atoms with Crippen molar-refractivity contribution in [2.24, 2.45) is 17.8 Å². The molecule has 1 spiro atoms. The molecule has 6 atom stereocenters. The summed E-state index contributed by atoms with van der Waals surface area (Å²) in [5.74, 6) is -2.36. The average Bonchev–Trinajstić information content (AvgIpc) is 3.51. The van der Waals surface area contributed by atoms with Crippen molar-refractivity contribution in [3.05, 3.63) is 85.0 Å². The van der Waals surface area contributed by atoms with Crippen molar-refractivity contribution >= 4 is 29.1 Å². The number of aliphatic hydroxyl groups is 1. The summed E-state index contributed by atoms with van der Waals surface area (Å²) in [4.78, 5) is 49.2. The molecule has 0 aliphatic carbocycles. The number of carbonyl (C=O) groups is 3. The number of ether oxygens (including phenoxy) is 1. The first-order valence-corrected chi connectivity index (χ1v) is 15.6. The maximum atomic E-state index is 14.9. The summed E-state index contributed by atoms with van der Waals surface area (Å²) < 4.78 is 6.99. The lowest BCUT2D eigenvalue weighted by Gasteiger charge is -2.39. The van der Waals surface area contributed by atoms with E-state index in [0.29, 0.717) is 19.3 Å². The van der Waals surface area contributed by atoms with E-state index >= 15 is 0 Å². The topological polar surface area (TPSA) is 90.4 Å². The lowest BCUT2D eigenvalue weighted by molar-refractivity contribution is -0.145. The number of aliphatic hydroxyl groups excluding tert-OH is 1. The van der Waals surface area contributed by atoms with E-state index in [4.69, 9.17) is 4.74 Å². The van der Waals surface area contributed by atoms with Gasteiger partial charge in [0.1, 0.15) is 11.6 Å². The van der Waals surface area contributed by atoms with Gasteiger partial charge in [-0.25, -0.2) is 0 Å². The molecule has 3 amide bonds. The van der Waals surface area contributed by atoms with Gasteiger partial charge in [0.25, 0.3) is 5.91 Å². The predicted molar refractivity (Wildman–Crippen MR) is 172 cm³/mol. The quantitative estimate of drug-likeness (QED) is 0.279. The number of anilines is 2. The fourth-order valence-electron chi connectivity index (χ4n) is 8.06. The number of rotatable bonds is 12. The monoisotopic (exact) mass is 599 g/mol. The second-order valence-corrected chi connectivity index (χ2v) is 12.7.